The zero-order valence-electron chi connectivity index (χ0n) is 14.3. The maximum Gasteiger partial charge on any atom is 0.323 e. The summed E-state index contributed by atoms with van der Waals surface area (Å²) in [6, 6.07) is -0.284. The van der Waals surface area contributed by atoms with Crippen LogP contribution >= 0.6 is 23.4 Å². The van der Waals surface area contributed by atoms with E-state index in [-0.39, 0.29) is 23.3 Å². The first-order valence-electron chi connectivity index (χ1n) is 7.60. The molecule has 1 aliphatic heterocycles. The van der Waals surface area contributed by atoms with E-state index in [1.807, 2.05) is 27.7 Å². The van der Waals surface area contributed by atoms with E-state index in [0.717, 1.165) is 23.6 Å². The summed E-state index contributed by atoms with van der Waals surface area (Å²) in [5, 5.41) is 0.142. The van der Waals surface area contributed by atoms with Gasteiger partial charge < -0.3 is 4.74 Å². The summed E-state index contributed by atoms with van der Waals surface area (Å²) in [4.78, 5) is 23.5. The van der Waals surface area contributed by atoms with Crippen molar-refractivity contribution in [3.05, 3.63) is 11.5 Å². The summed E-state index contributed by atoms with van der Waals surface area (Å²) < 4.78 is 5.52. The Kier molecular flexibility index (Phi) is 7.77. The molecule has 23 heavy (non-hydrogen) atoms. The number of rotatable bonds is 4. The fourth-order valence-corrected chi connectivity index (χ4v) is 3.27. The molecule has 0 saturated carbocycles. The van der Waals surface area contributed by atoms with Gasteiger partial charge in [-0.15, -0.1) is 11.8 Å². The molecule has 1 heterocycles. The Morgan fingerprint density at radius 3 is 2.78 bits per heavy atom. The summed E-state index contributed by atoms with van der Waals surface area (Å²) in [7, 11) is 0. The van der Waals surface area contributed by atoms with Crippen LogP contribution in [0.15, 0.2) is 21.5 Å². The molecule has 0 aromatic heterocycles. The summed E-state index contributed by atoms with van der Waals surface area (Å²) in [5.41, 5.74) is -0.501. The van der Waals surface area contributed by atoms with Crippen LogP contribution in [0.3, 0.4) is 0 Å². The molecule has 5 nitrogen and oxygen atoms in total. The van der Waals surface area contributed by atoms with Crippen molar-refractivity contribution in [1.82, 2.24) is 4.90 Å². The van der Waals surface area contributed by atoms with E-state index in [4.69, 9.17) is 16.3 Å². The molecule has 0 aromatic carbocycles. The van der Waals surface area contributed by atoms with Crippen molar-refractivity contribution in [1.29, 1.82) is 0 Å². The minimum absolute atomic E-state index is 0.0669. The Bertz CT molecular complexity index is 488. The van der Waals surface area contributed by atoms with Gasteiger partial charge in [0, 0.05) is 18.3 Å². The van der Waals surface area contributed by atoms with Crippen molar-refractivity contribution in [2.45, 2.75) is 51.8 Å². The van der Waals surface area contributed by atoms with Crippen molar-refractivity contribution in [3.8, 4) is 0 Å². The highest BCUT2D eigenvalue weighted by Crippen LogP contribution is 2.27. The largest absolute Gasteiger partial charge is 0.459 e. The zero-order chi connectivity index (χ0) is 17.6. The van der Waals surface area contributed by atoms with Crippen molar-refractivity contribution in [3.63, 3.8) is 0 Å². The van der Waals surface area contributed by atoms with Gasteiger partial charge >= 0.3 is 5.97 Å². The summed E-state index contributed by atoms with van der Waals surface area (Å²) in [5.74, 6) is 0.577. The van der Waals surface area contributed by atoms with Crippen LogP contribution in [0.2, 0.25) is 0 Å². The minimum atomic E-state index is -0.501. The normalized spacial score (nSPS) is 22.4. The van der Waals surface area contributed by atoms with Crippen molar-refractivity contribution < 1.29 is 9.53 Å². The fraction of sp³-hybridized carbons (Fsp3) is 0.688. The lowest BCUT2D eigenvalue weighted by molar-refractivity contribution is -0.161. The van der Waals surface area contributed by atoms with E-state index in [2.05, 4.69) is 28.2 Å². The number of ether oxygens (including phenoxy) is 1. The number of hydrogen-bond acceptors (Lipinski definition) is 5. The minimum Gasteiger partial charge on any atom is -0.459 e. The van der Waals surface area contributed by atoms with Crippen LogP contribution in [0.4, 0.5) is 0 Å². The molecule has 1 rings (SSSR count). The summed E-state index contributed by atoms with van der Waals surface area (Å²) in [6.45, 7) is 16.1. The van der Waals surface area contributed by atoms with Gasteiger partial charge in [-0.2, -0.15) is 0 Å². The maximum atomic E-state index is 12.4. The fourth-order valence-electron chi connectivity index (χ4n) is 2.24. The van der Waals surface area contributed by atoms with Crippen molar-refractivity contribution in [2.75, 3.05) is 18.8 Å². The van der Waals surface area contributed by atoms with Crippen LogP contribution in [0, 0.1) is 0 Å². The number of aliphatic imine (C=N–C) groups is 2. The van der Waals surface area contributed by atoms with Crippen LogP contribution in [0.25, 0.3) is 0 Å². The number of thioether (sulfide) groups is 1. The molecular formula is C16H26ClN3O2S. The lowest BCUT2D eigenvalue weighted by Gasteiger charge is -2.34. The van der Waals surface area contributed by atoms with E-state index < -0.39 is 5.60 Å². The lowest BCUT2D eigenvalue weighted by atomic mass is 10.1. The molecular weight excluding hydrogens is 334 g/mol. The highest BCUT2D eigenvalue weighted by atomic mass is 35.5. The third kappa shape index (κ3) is 7.06. The molecule has 0 amide bonds. The van der Waals surface area contributed by atoms with E-state index in [0.29, 0.717) is 6.54 Å². The second-order valence-electron chi connectivity index (χ2n) is 6.47. The van der Waals surface area contributed by atoms with Gasteiger partial charge in [0.2, 0.25) is 5.29 Å². The number of halogens is 1. The predicted octanol–water partition coefficient (Wildman–Crippen LogP) is 3.33. The van der Waals surface area contributed by atoms with Gasteiger partial charge in [-0.25, -0.2) is 4.99 Å². The molecule has 0 spiro atoms. The number of carbonyl (C=O) groups is 1. The summed E-state index contributed by atoms with van der Waals surface area (Å²) in [6.07, 6.45) is 0.839. The third-order valence-electron chi connectivity index (χ3n) is 3.41. The topological polar surface area (TPSA) is 54.3 Å². The Labute approximate surface area is 148 Å². The number of amidine groups is 1. The summed E-state index contributed by atoms with van der Waals surface area (Å²) >= 11 is 7.52. The first kappa shape index (κ1) is 20.2. The smallest absolute Gasteiger partial charge is 0.323 e. The number of esters is 1. The standard InChI is InChI=1S/C16H26ClN3O2S/c1-11-7-8-20(12(2)14(21)22-16(3,4)5)13(10-23-11)9-19-15(17)18-6/h12-13H,1,6-10H2,2-5H3. The monoisotopic (exact) mass is 359 g/mol. The SMILES string of the molecule is C=NC(Cl)=NCC1CSC(=C)CCN1C(C)C(=O)OC(C)(C)C. The van der Waals surface area contributed by atoms with Crippen LogP contribution in [0.5, 0.6) is 0 Å². The number of hydrogen-bond donors (Lipinski definition) is 0. The maximum absolute atomic E-state index is 12.4. The van der Waals surface area contributed by atoms with E-state index >= 15 is 0 Å². The Balaban J connectivity index is 2.88. The third-order valence-corrected chi connectivity index (χ3v) is 4.81. The average molecular weight is 360 g/mol. The highest BCUT2D eigenvalue weighted by molar-refractivity contribution is 8.03. The van der Waals surface area contributed by atoms with Gasteiger partial charge in [-0.3, -0.25) is 14.7 Å². The number of nitrogens with zero attached hydrogens (tertiary/aromatic N) is 3. The Hall–Kier alpha value is -0.850. The lowest BCUT2D eigenvalue weighted by Crippen LogP contribution is -2.49. The van der Waals surface area contributed by atoms with Gasteiger partial charge in [-0.1, -0.05) is 6.58 Å². The van der Waals surface area contributed by atoms with Crippen LogP contribution < -0.4 is 0 Å². The first-order valence-corrected chi connectivity index (χ1v) is 8.96. The van der Waals surface area contributed by atoms with Gasteiger partial charge in [0.1, 0.15) is 11.6 Å². The van der Waals surface area contributed by atoms with Crippen molar-refractivity contribution >= 4 is 41.3 Å². The van der Waals surface area contributed by atoms with Gasteiger partial charge in [0.15, 0.2) is 0 Å². The van der Waals surface area contributed by atoms with Crippen LogP contribution in [-0.2, 0) is 9.53 Å². The second-order valence-corrected chi connectivity index (χ2v) is 8.01. The first-order chi connectivity index (χ1) is 10.6. The van der Waals surface area contributed by atoms with E-state index in [1.165, 1.54) is 0 Å². The molecule has 130 valence electrons. The average Bonchev–Trinajstić information content (AvgIpc) is 2.64. The molecule has 7 heteroatoms. The zero-order valence-corrected chi connectivity index (χ0v) is 15.9. The van der Waals surface area contributed by atoms with Gasteiger partial charge in [0.05, 0.1) is 6.54 Å². The second kappa shape index (κ2) is 8.85. The molecule has 0 radical (unpaired) electrons. The van der Waals surface area contributed by atoms with Crippen LogP contribution in [0.1, 0.15) is 34.1 Å². The molecule has 1 saturated heterocycles. The molecule has 2 unspecified atom stereocenters. The van der Waals surface area contributed by atoms with Crippen LogP contribution in [-0.4, -0.2) is 59.4 Å². The quantitative estimate of drug-likeness (QED) is 0.334. The van der Waals surface area contributed by atoms with Crippen molar-refractivity contribution in [2.24, 2.45) is 9.98 Å². The van der Waals surface area contributed by atoms with Gasteiger partial charge in [0.25, 0.3) is 0 Å². The molecule has 1 fully saturated rings. The number of carbonyl (C=O) groups excluding carboxylic acids is 1. The molecule has 0 aliphatic carbocycles. The molecule has 0 N–H and O–H groups in total. The highest BCUT2D eigenvalue weighted by Gasteiger charge is 2.32. The molecule has 0 aromatic rings. The Morgan fingerprint density at radius 2 is 2.22 bits per heavy atom. The molecule has 0 bridgehead atoms. The molecule has 1 aliphatic rings. The van der Waals surface area contributed by atoms with Gasteiger partial charge in [-0.05, 0) is 57.3 Å². The Morgan fingerprint density at radius 1 is 1.57 bits per heavy atom. The molecule has 2 atom stereocenters. The predicted molar refractivity (Wildman–Crippen MR) is 99.7 cm³/mol. The van der Waals surface area contributed by atoms with E-state index in [1.54, 1.807) is 11.8 Å². The van der Waals surface area contributed by atoms with E-state index in [9.17, 15) is 4.79 Å².